The number of unbranched alkanes of at least 4 members (excludes halogenated alkanes) is 2. The Balaban J connectivity index is 2.96. The lowest BCUT2D eigenvalue weighted by Gasteiger charge is -1.99. The molecule has 2 nitrogen and oxygen atoms in total. The Labute approximate surface area is 67.0 Å². The van der Waals surface area contributed by atoms with Crippen molar-refractivity contribution in [2.75, 3.05) is 13.0 Å². The van der Waals surface area contributed by atoms with Crippen molar-refractivity contribution in [1.29, 1.82) is 5.41 Å². The molecule has 0 rings (SSSR count). The molecule has 0 saturated carbocycles. The lowest BCUT2D eigenvalue weighted by Crippen LogP contribution is -1.97. The minimum atomic E-state index is 0.370. The van der Waals surface area contributed by atoms with E-state index in [-0.39, 0.29) is 0 Å². The molecular weight excluding hydrogens is 150 g/mol. The Morgan fingerprint density at radius 1 is 1.40 bits per heavy atom. The van der Waals surface area contributed by atoms with Crippen LogP contribution in [0.4, 0.5) is 0 Å². The van der Waals surface area contributed by atoms with Gasteiger partial charge in [-0.05, 0) is 12.8 Å². The first-order chi connectivity index (χ1) is 4.81. The number of alkyl halides is 1. The number of nitrogens with one attached hydrogen (secondary N) is 1. The Kier molecular flexibility index (Phi) is 6.71. The Morgan fingerprint density at radius 3 is 2.60 bits per heavy atom. The SMILES string of the molecule is COC(=N)CCCCCCl. The second-order valence-corrected chi connectivity index (χ2v) is 2.50. The van der Waals surface area contributed by atoms with Gasteiger partial charge in [-0.2, -0.15) is 0 Å². The van der Waals surface area contributed by atoms with Crippen molar-refractivity contribution in [3.63, 3.8) is 0 Å². The number of hydrogen-bond donors (Lipinski definition) is 1. The van der Waals surface area contributed by atoms with Gasteiger partial charge in [0.2, 0.25) is 0 Å². The van der Waals surface area contributed by atoms with E-state index in [4.69, 9.17) is 17.0 Å². The largest absolute Gasteiger partial charge is 0.484 e. The van der Waals surface area contributed by atoms with Gasteiger partial charge in [0, 0.05) is 12.3 Å². The molecule has 0 aliphatic carbocycles. The normalized spacial score (nSPS) is 9.40. The first-order valence-corrected chi connectivity index (χ1v) is 4.02. The molecule has 0 bridgehead atoms. The van der Waals surface area contributed by atoms with Crippen molar-refractivity contribution in [3.8, 4) is 0 Å². The van der Waals surface area contributed by atoms with Gasteiger partial charge >= 0.3 is 0 Å². The second-order valence-electron chi connectivity index (χ2n) is 2.13. The van der Waals surface area contributed by atoms with Gasteiger partial charge in [0.1, 0.15) is 0 Å². The summed E-state index contributed by atoms with van der Waals surface area (Å²) in [7, 11) is 1.53. The summed E-state index contributed by atoms with van der Waals surface area (Å²) in [5, 5.41) is 7.12. The van der Waals surface area contributed by atoms with Gasteiger partial charge in [-0.15, -0.1) is 11.6 Å². The molecule has 1 N–H and O–H groups in total. The maximum atomic E-state index is 7.12. The van der Waals surface area contributed by atoms with Crippen LogP contribution in [0.25, 0.3) is 0 Å². The van der Waals surface area contributed by atoms with Crippen molar-refractivity contribution < 1.29 is 4.74 Å². The van der Waals surface area contributed by atoms with E-state index in [1.807, 2.05) is 0 Å². The molecule has 0 atom stereocenters. The molecule has 0 amide bonds. The summed E-state index contributed by atoms with van der Waals surface area (Å²) in [4.78, 5) is 0. The first kappa shape index (κ1) is 9.76. The fourth-order valence-electron chi connectivity index (χ4n) is 0.659. The van der Waals surface area contributed by atoms with E-state index in [2.05, 4.69) is 4.74 Å². The summed E-state index contributed by atoms with van der Waals surface area (Å²) in [6.07, 6.45) is 3.89. The third-order valence-electron chi connectivity index (χ3n) is 1.28. The van der Waals surface area contributed by atoms with Gasteiger partial charge in [-0.3, -0.25) is 5.41 Å². The summed E-state index contributed by atoms with van der Waals surface area (Å²) in [6.45, 7) is 0. The molecule has 0 unspecified atom stereocenters. The Morgan fingerprint density at radius 2 is 2.10 bits per heavy atom. The molecular formula is C7H14ClNO. The molecule has 0 aromatic carbocycles. The quantitative estimate of drug-likeness (QED) is 0.287. The van der Waals surface area contributed by atoms with Crippen molar-refractivity contribution in [1.82, 2.24) is 0 Å². The molecule has 0 aromatic heterocycles. The molecule has 0 fully saturated rings. The van der Waals surface area contributed by atoms with Crippen LogP contribution in [-0.2, 0) is 4.74 Å². The summed E-state index contributed by atoms with van der Waals surface area (Å²) < 4.78 is 4.68. The van der Waals surface area contributed by atoms with E-state index in [9.17, 15) is 0 Å². The molecule has 0 aromatic rings. The number of ether oxygens (including phenoxy) is 1. The zero-order valence-electron chi connectivity index (χ0n) is 6.32. The third-order valence-corrected chi connectivity index (χ3v) is 1.55. The van der Waals surface area contributed by atoms with Crippen LogP contribution in [-0.4, -0.2) is 18.9 Å². The third kappa shape index (κ3) is 5.89. The second kappa shape index (κ2) is 6.87. The zero-order chi connectivity index (χ0) is 7.82. The van der Waals surface area contributed by atoms with Crippen LogP contribution in [0.2, 0.25) is 0 Å². The molecule has 10 heavy (non-hydrogen) atoms. The predicted octanol–water partition coefficient (Wildman–Crippen LogP) is 2.41. The van der Waals surface area contributed by atoms with Gasteiger partial charge in [-0.25, -0.2) is 0 Å². The highest BCUT2D eigenvalue weighted by Crippen LogP contribution is 2.01. The molecule has 0 aliphatic heterocycles. The smallest absolute Gasteiger partial charge is 0.180 e. The van der Waals surface area contributed by atoms with E-state index in [1.165, 1.54) is 7.11 Å². The van der Waals surface area contributed by atoms with Crippen LogP contribution in [0, 0.1) is 5.41 Å². The minimum Gasteiger partial charge on any atom is -0.484 e. The highest BCUT2D eigenvalue weighted by molar-refractivity contribution is 6.17. The zero-order valence-corrected chi connectivity index (χ0v) is 7.08. The summed E-state index contributed by atoms with van der Waals surface area (Å²) in [6, 6.07) is 0. The van der Waals surface area contributed by atoms with Gasteiger partial charge < -0.3 is 4.74 Å². The molecule has 0 aliphatic rings. The van der Waals surface area contributed by atoms with Gasteiger partial charge in [-0.1, -0.05) is 6.42 Å². The van der Waals surface area contributed by atoms with E-state index in [1.54, 1.807) is 0 Å². The van der Waals surface area contributed by atoms with Crippen LogP contribution >= 0.6 is 11.6 Å². The minimum absolute atomic E-state index is 0.370. The Bertz CT molecular complexity index is 95.6. The molecule has 0 saturated heterocycles. The van der Waals surface area contributed by atoms with E-state index in [0.717, 1.165) is 31.6 Å². The fourth-order valence-corrected chi connectivity index (χ4v) is 0.848. The van der Waals surface area contributed by atoms with Crippen LogP contribution in [0.15, 0.2) is 0 Å². The average Bonchev–Trinajstić information content (AvgIpc) is 1.98. The number of hydrogen-bond acceptors (Lipinski definition) is 2. The molecule has 0 radical (unpaired) electrons. The fraction of sp³-hybridized carbons (Fsp3) is 0.857. The average molecular weight is 164 g/mol. The van der Waals surface area contributed by atoms with Gasteiger partial charge in [0.25, 0.3) is 0 Å². The van der Waals surface area contributed by atoms with Crippen LogP contribution in [0.3, 0.4) is 0 Å². The molecule has 3 heteroatoms. The van der Waals surface area contributed by atoms with Crippen molar-refractivity contribution in [2.45, 2.75) is 25.7 Å². The first-order valence-electron chi connectivity index (χ1n) is 3.48. The summed E-state index contributed by atoms with van der Waals surface area (Å²) >= 11 is 5.47. The van der Waals surface area contributed by atoms with Gasteiger partial charge in [0.15, 0.2) is 5.90 Å². The van der Waals surface area contributed by atoms with E-state index in [0.29, 0.717) is 5.90 Å². The van der Waals surface area contributed by atoms with E-state index < -0.39 is 0 Å². The lowest BCUT2D eigenvalue weighted by molar-refractivity contribution is 0.383. The topological polar surface area (TPSA) is 33.1 Å². The van der Waals surface area contributed by atoms with Crippen molar-refractivity contribution >= 4 is 17.5 Å². The highest BCUT2D eigenvalue weighted by atomic mass is 35.5. The predicted molar refractivity (Wildman–Crippen MR) is 43.9 cm³/mol. The lowest BCUT2D eigenvalue weighted by atomic mass is 10.2. The van der Waals surface area contributed by atoms with E-state index >= 15 is 0 Å². The number of halogens is 1. The number of methoxy groups -OCH3 is 1. The van der Waals surface area contributed by atoms with Crippen molar-refractivity contribution in [2.24, 2.45) is 0 Å². The number of rotatable bonds is 5. The monoisotopic (exact) mass is 163 g/mol. The van der Waals surface area contributed by atoms with Crippen molar-refractivity contribution in [3.05, 3.63) is 0 Å². The molecule has 0 heterocycles. The van der Waals surface area contributed by atoms with Gasteiger partial charge in [0.05, 0.1) is 7.11 Å². The Hall–Kier alpha value is -0.240. The maximum absolute atomic E-state index is 7.12. The highest BCUT2D eigenvalue weighted by Gasteiger charge is 1.93. The molecule has 0 spiro atoms. The summed E-state index contributed by atoms with van der Waals surface area (Å²) in [5.74, 6) is 1.09. The standard InChI is InChI=1S/C7H14ClNO/c1-10-7(9)5-3-2-4-6-8/h9H,2-6H2,1H3. The summed E-state index contributed by atoms with van der Waals surface area (Å²) in [5.41, 5.74) is 0. The maximum Gasteiger partial charge on any atom is 0.180 e. The van der Waals surface area contributed by atoms with Crippen LogP contribution in [0.1, 0.15) is 25.7 Å². The van der Waals surface area contributed by atoms with Crippen LogP contribution in [0.5, 0.6) is 0 Å². The van der Waals surface area contributed by atoms with Crippen LogP contribution < -0.4 is 0 Å². The molecule has 60 valence electrons.